The van der Waals surface area contributed by atoms with Gasteiger partial charge in [-0.1, -0.05) is 6.92 Å². The predicted octanol–water partition coefficient (Wildman–Crippen LogP) is 0.564. The van der Waals surface area contributed by atoms with Crippen LogP contribution in [0, 0.1) is 0 Å². The minimum Gasteiger partial charge on any atom is -0.465 e. The number of piperidine rings is 1. The summed E-state index contributed by atoms with van der Waals surface area (Å²) in [6.07, 6.45) is -0.0948. The highest BCUT2D eigenvalue weighted by molar-refractivity contribution is 7.92. The van der Waals surface area contributed by atoms with Crippen molar-refractivity contribution in [2.45, 2.75) is 25.0 Å². The molecule has 0 radical (unpaired) electrons. The molecular weight excluding hydrogens is 206 g/mol. The summed E-state index contributed by atoms with van der Waals surface area (Å²) in [6.45, 7) is 2.29. The third-order valence-electron chi connectivity index (χ3n) is 2.62. The van der Waals surface area contributed by atoms with Gasteiger partial charge in [0.15, 0.2) is 9.84 Å². The van der Waals surface area contributed by atoms with Gasteiger partial charge in [-0.05, 0) is 12.8 Å². The van der Waals surface area contributed by atoms with Gasteiger partial charge in [-0.25, -0.2) is 13.2 Å². The van der Waals surface area contributed by atoms with Crippen molar-refractivity contribution in [3.8, 4) is 0 Å². The first-order valence-corrected chi connectivity index (χ1v) is 6.38. The van der Waals surface area contributed by atoms with Crippen LogP contribution in [0.1, 0.15) is 19.8 Å². The minimum atomic E-state index is -2.99. The van der Waals surface area contributed by atoms with Crippen molar-refractivity contribution in [1.82, 2.24) is 4.90 Å². The highest BCUT2D eigenvalue weighted by atomic mass is 32.2. The zero-order valence-electron chi connectivity index (χ0n) is 8.14. The quantitative estimate of drug-likeness (QED) is 0.739. The molecule has 0 aromatic carbocycles. The normalized spacial score (nSPS) is 19.6. The lowest BCUT2D eigenvalue weighted by molar-refractivity contribution is 0.136. The Balaban J connectivity index is 2.56. The summed E-state index contributed by atoms with van der Waals surface area (Å²) in [6, 6.07) is 0. The monoisotopic (exact) mass is 221 g/mol. The van der Waals surface area contributed by atoms with Crippen molar-refractivity contribution in [2.24, 2.45) is 0 Å². The number of sulfone groups is 1. The molecule has 1 amide bonds. The average molecular weight is 221 g/mol. The summed E-state index contributed by atoms with van der Waals surface area (Å²) in [4.78, 5) is 11.8. The molecule has 0 aromatic rings. The van der Waals surface area contributed by atoms with Gasteiger partial charge in [0.05, 0.1) is 5.25 Å². The lowest BCUT2D eigenvalue weighted by Crippen LogP contribution is -2.42. The Labute approximate surface area is 83.6 Å². The number of amides is 1. The van der Waals surface area contributed by atoms with E-state index in [4.69, 9.17) is 5.11 Å². The topological polar surface area (TPSA) is 74.7 Å². The van der Waals surface area contributed by atoms with Gasteiger partial charge in [0.25, 0.3) is 0 Å². The number of hydrogen-bond acceptors (Lipinski definition) is 3. The maximum absolute atomic E-state index is 11.5. The number of likely N-dealkylation sites (tertiary alicyclic amines) is 1. The van der Waals surface area contributed by atoms with Crippen molar-refractivity contribution >= 4 is 15.9 Å². The Morgan fingerprint density at radius 2 is 1.93 bits per heavy atom. The second-order valence-corrected chi connectivity index (χ2v) is 5.99. The fraction of sp³-hybridized carbons (Fsp3) is 0.875. The first kappa shape index (κ1) is 11.3. The summed E-state index contributed by atoms with van der Waals surface area (Å²) in [5.41, 5.74) is 0. The maximum Gasteiger partial charge on any atom is 0.407 e. The van der Waals surface area contributed by atoms with E-state index in [9.17, 15) is 13.2 Å². The first-order chi connectivity index (χ1) is 6.47. The molecule has 1 saturated heterocycles. The van der Waals surface area contributed by atoms with E-state index in [1.165, 1.54) is 4.90 Å². The number of hydrogen-bond donors (Lipinski definition) is 1. The average Bonchev–Trinajstić information content (AvgIpc) is 2.18. The molecule has 14 heavy (non-hydrogen) atoms. The second kappa shape index (κ2) is 4.16. The van der Waals surface area contributed by atoms with Crippen LogP contribution in [0.5, 0.6) is 0 Å². The van der Waals surface area contributed by atoms with Gasteiger partial charge in [-0.2, -0.15) is 0 Å². The molecule has 0 bridgehead atoms. The molecule has 0 aliphatic carbocycles. The van der Waals surface area contributed by atoms with Crippen molar-refractivity contribution in [2.75, 3.05) is 18.8 Å². The predicted molar refractivity (Wildman–Crippen MR) is 52.1 cm³/mol. The van der Waals surface area contributed by atoms with Gasteiger partial charge < -0.3 is 10.0 Å². The zero-order valence-corrected chi connectivity index (χ0v) is 8.96. The van der Waals surface area contributed by atoms with E-state index in [0.29, 0.717) is 25.9 Å². The molecule has 0 aromatic heterocycles. The van der Waals surface area contributed by atoms with Crippen molar-refractivity contribution < 1.29 is 18.3 Å². The summed E-state index contributed by atoms with van der Waals surface area (Å²) in [5, 5.41) is 8.32. The van der Waals surface area contributed by atoms with Crippen LogP contribution in [0.4, 0.5) is 4.79 Å². The van der Waals surface area contributed by atoms with Crippen LogP contribution < -0.4 is 0 Å². The molecule has 0 atom stereocenters. The van der Waals surface area contributed by atoms with Gasteiger partial charge in [0, 0.05) is 18.8 Å². The van der Waals surface area contributed by atoms with E-state index in [0.717, 1.165) is 0 Å². The number of rotatable bonds is 2. The third-order valence-corrected chi connectivity index (χ3v) is 4.91. The molecule has 0 spiro atoms. The van der Waals surface area contributed by atoms with Crippen LogP contribution >= 0.6 is 0 Å². The van der Waals surface area contributed by atoms with Crippen LogP contribution in [-0.2, 0) is 9.84 Å². The Hall–Kier alpha value is -0.780. The van der Waals surface area contributed by atoms with E-state index in [-0.39, 0.29) is 11.0 Å². The molecule has 6 heteroatoms. The van der Waals surface area contributed by atoms with E-state index in [2.05, 4.69) is 0 Å². The van der Waals surface area contributed by atoms with Crippen molar-refractivity contribution in [3.05, 3.63) is 0 Å². The zero-order chi connectivity index (χ0) is 10.8. The van der Waals surface area contributed by atoms with Crippen molar-refractivity contribution in [1.29, 1.82) is 0 Å². The summed E-state index contributed by atoms with van der Waals surface area (Å²) < 4.78 is 22.9. The lowest BCUT2D eigenvalue weighted by atomic mass is 10.1. The highest BCUT2D eigenvalue weighted by Gasteiger charge is 2.29. The summed E-state index contributed by atoms with van der Waals surface area (Å²) in [7, 11) is -2.99. The Morgan fingerprint density at radius 3 is 2.29 bits per heavy atom. The molecular formula is C8H15NO4S. The van der Waals surface area contributed by atoms with Crippen LogP contribution in [-0.4, -0.2) is 48.6 Å². The van der Waals surface area contributed by atoms with Crippen molar-refractivity contribution in [3.63, 3.8) is 0 Å². The molecule has 1 heterocycles. The summed E-state index contributed by atoms with van der Waals surface area (Å²) in [5.74, 6) is 0.144. The fourth-order valence-corrected chi connectivity index (χ4v) is 3.04. The molecule has 1 N–H and O–H groups in total. The van der Waals surface area contributed by atoms with E-state index in [1.54, 1.807) is 6.92 Å². The minimum absolute atomic E-state index is 0.144. The van der Waals surface area contributed by atoms with Gasteiger partial charge in [-0.3, -0.25) is 0 Å². The van der Waals surface area contributed by atoms with Crippen LogP contribution in [0.25, 0.3) is 0 Å². The summed E-state index contributed by atoms with van der Waals surface area (Å²) >= 11 is 0. The standard InChI is InChI=1S/C8H15NO4S/c1-2-14(12,13)7-3-5-9(6-4-7)8(10)11/h7H,2-6H2,1H3,(H,10,11). The van der Waals surface area contributed by atoms with Gasteiger partial charge in [0.2, 0.25) is 0 Å². The number of nitrogens with zero attached hydrogens (tertiary/aromatic N) is 1. The Morgan fingerprint density at radius 1 is 1.43 bits per heavy atom. The van der Waals surface area contributed by atoms with E-state index >= 15 is 0 Å². The lowest BCUT2D eigenvalue weighted by Gasteiger charge is -2.29. The maximum atomic E-state index is 11.5. The Bertz CT molecular complexity index is 303. The second-order valence-electron chi connectivity index (χ2n) is 3.42. The van der Waals surface area contributed by atoms with Crippen LogP contribution in [0.3, 0.4) is 0 Å². The molecule has 1 aliphatic rings. The molecule has 0 unspecified atom stereocenters. The third kappa shape index (κ3) is 2.37. The first-order valence-electron chi connectivity index (χ1n) is 4.67. The van der Waals surface area contributed by atoms with Crippen LogP contribution in [0.15, 0.2) is 0 Å². The number of carboxylic acid groups (broad SMARTS) is 1. The van der Waals surface area contributed by atoms with E-state index in [1.807, 2.05) is 0 Å². The van der Waals surface area contributed by atoms with E-state index < -0.39 is 15.9 Å². The van der Waals surface area contributed by atoms with Gasteiger partial charge in [0.1, 0.15) is 0 Å². The largest absolute Gasteiger partial charge is 0.465 e. The molecule has 1 fully saturated rings. The Kier molecular flexibility index (Phi) is 3.36. The smallest absolute Gasteiger partial charge is 0.407 e. The molecule has 5 nitrogen and oxygen atoms in total. The number of carbonyl (C=O) groups is 1. The SMILES string of the molecule is CCS(=O)(=O)C1CCN(C(=O)O)CC1. The molecule has 1 rings (SSSR count). The van der Waals surface area contributed by atoms with Gasteiger partial charge >= 0.3 is 6.09 Å². The van der Waals surface area contributed by atoms with Crippen LogP contribution in [0.2, 0.25) is 0 Å². The molecule has 0 saturated carbocycles. The molecule has 1 aliphatic heterocycles. The molecule has 82 valence electrons. The van der Waals surface area contributed by atoms with Gasteiger partial charge in [-0.15, -0.1) is 0 Å². The highest BCUT2D eigenvalue weighted by Crippen LogP contribution is 2.18. The fourth-order valence-electron chi connectivity index (χ4n) is 1.64.